The highest BCUT2D eigenvalue weighted by atomic mass is 32.2. The third-order valence-corrected chi connectivity index (χ3v) is 6.72. The van der Waals surface area contributed by atoms with Crippen LogP contribution in [0.25, 0.3) is 11.2 Å². The number of hydrogen-bond donors (Lipinski definition) is 1. The first-order chi connectivity index (χ1) is 16.7. The molecule has 17 heteroatoms. The first kappa shape index (κ1) is 28.2. The van der Waals surface area contributed by atoms with Crippen LogP contribution in [0.1, 0.15) is 6.92 Å². The first-order valence-corrected chi connectivity index (χ1v) is 12.6. The third kappa shape index (κ3) is 8.62. The molecule has 9 nitrogen and oxygen atoms in total. The van der Waals surface area contributed by atoms with Crippen molar-refractivity contribution in [3.63, 3.8) is 0 Å². The minimum Gasteiger partial charge on any atom is -0.368 e. The summed E-state index contributed by atoms with van der Waals surface area (Å²) in [4.78, 5) is 13.5. The molecule has 1 atom stereocenters. The molecule has 1 unspecified atom stereocenters. The van der Waals surface area contributed by atoms with E-state index in [1.165, 1.54) is 29.6 Å². The molecule has 0 aliphatic carbocycles. The van der Waals surface area contributed by atoms with Crippen molar-refractivity contribution in [2.75, 3.05) is 25.3 Å². The fourth-order valence-electron chi connectivity index (χ4n) is 2.74. The zero-order valence-electron chi connectivity index (χ0n) is 18.5. The summed E-state index contributed by atoms with van der Waals surface area (Å²) in [5.41, 5.74) is 6.56. The quantitative estimate of drug-likeness (QED) is 0.191. The Bertz CT molecular complexity index is 1190. The van der Waals surface area contributed by atoms with Gasteiger partial charge in [0.15, 0.2) is 18.9 Å². The van der Waals surface area contributed by atoms with Gasteiger partial charge in [-0.15, -0.1) is 0 Å². The minimum absolute atomic E-state index is 0.0130. The average Bonchev–Trinajstić information content (AvgIpc) is 3.17. The van der Waals surface area contributed by atoms with E-state index < -0.39 is 45.6 Å². The molecule has 0 saturated heterocycles. The predicted octanol–water partition coefficient (Wildman–Crippen LogP) is 5.27. The fourth-order valence-corrected chi connectivity index (χ4v) is 4.99. The normalized spacial score (nSPS) is 13.9. The van der Waals surface area contributed by atoms with Crippen LogP contribution < -0.4 is 5.73 Å². The lowest BCUT2D eigenvalue weighted by atomic mass is 10.4. The van der Waals surface area contributed by atoms with Crippen LogP contribution in [0.3, 0.4) is 0 Å². The number of nitrogens with zero attached hydrogens (tertiary/aromatic N) is 4. The van der Waals surface area contributed by atoms with Crippen LogP contribution in [0.5, 0.6) is 0 Å². The van der Waals surface area contributed by atoms with E-state index in [-0.39, 0.29) is 12.5 Å². The molecule has 2 N–H and O–H groups in total. The van der Waals surface area contributed by atoms with Crippen LogP contribution in [0.4, 0.5) is 32.3 Å². The predicted molar refractivity (Wildman–Crippen MR) is 117 cm³/mol. The maximum absolute atomic E-state index is 12.5. The van der Waals surface area contributed by atoms with Crippen molar-refractivity contribution < 1.29 is 44.7 Å². The maximum atomic E-state index is 12.5. The number of anilines is 1. The first-order valence-electron chi connectivity index (χ1n) is 10.1. The van der Waals surface area contributed by atoms with Crippen molar-refractivity contribution in [2.45, 2.75) is 41.8 Å². The second kappa shape index (κ2) is 11.3. The number of alkyl halides is 6. The van der Waals surface area contributed by atoms with Gasteiger partial charge in [0.2, 0.25) is 5.95 Å². The number of nitrogen functional groups attached to an aromatic ring is 1. The van der Waals surface area contributed by atoms with Gasteiger partial charge in [-0.1, -0.05) is 30.0 Å². The Morgan fingerprint density at radius 1 is 1.06 bits per heavy atom. The molecule has 1 aromatic carbocycles. The van der Waals surface area contributed by atoms with Crippen molar-refractivity contribution in [1.29, 1.82) is 0 Å². The highest BCUT2D eigenvalue weighted by Crippen LogP contribution is 2.50. The molecule has 0 saturated carbocycles. The molecule has 3 aromatic rings. The lowest BCUT2D eigenvalue weighted by Crippen LogP contribution is -2.23. The summed E-state index contributed by atoms with van der Waals surface area (Å²) in [5, 5.41) is 0.474. The minimum atomic E-state index is -4.94. The van der Waals surface area contributed by atoms with Crippen molar-refractivity contribution in [3.05, 3.63) is 36.7 Å². The summed E-state index contributed by atoms with van der Waals surface area (Å²) >= 11 is 1.30. The zero-order chi connectivity index (χ0) is 26.6. The molecule has 0 aliphatic heterocycles. The topological polar surface area (TPSA) is 114 Å². The Hall–Kier alpha value is -2.39. The van der Waals surface area contributed by atoms with Crippen molar-refractivity contribution >= 4 is 36.5 Å². The highest BCUT2D eigenvalue weighted by Gasteiger charge is 2.39. The molecule has 0 spiro atoms. The smallest absolute Gasteiger partial charge is 0.368 e. The summed E-state index contributed by atoms with van der Waals surface area (Å²) in [5.74, 6) is -0.0399. The Morgan fingerprint density at radius 3 is 2.25 bits per heavy atom. The van der Waals surface area contributed by atoms with Gasteiger partial charge < -0.3 is 15.0 Å². The number of rotatable bonds is 11. The standard InChI is InChI=1S/C19H20F6N5O4PS/c1-12(32-11-35(31,33-8-18(20,21)22)34-9-19(23,24)25)7-30-10-27-14-15(30)28-17(26)29-16(14)36-13-5-3-2-4-6-13/h2-6,10,12H,7-9,11H2,1H3,(H2,26,28,29). The molecule has 0 amide bonds. The summed E-state index contributed by atoms with van der Waals surface area (Å²) in [6, 6.07) is 9.27. The van der Waals surface area contributed by atoms with Crippen LogP contribution >= 0.6 is 19.4 Å². The lowest BCUT2D eigenvalue weighted by molar-refractivity contribution is -0.166. The Balaban J connectivity index is 1.71. The number of aromatic nitrogens is 4. The average molecular weight is 559 g/mol. The van der Waals surface area contributed by atoms with E-state index >= 15 is 0 Å². The number of benzene rings is 1. The van der Waals surface area contributed by atoms with E-state index in [0.29, 0.717) is 16.2 Å². The molecule has 3 rings (SSSR count). The third-order valence-electron chi connectivity index (χ3n) is 4.23. The molecule has 0 fully saturated rings. The van der Waals surface area contributed by atoms with Crippen molar-refractivity contribution in [2.24, 2.45) is 0 Å². The number of halogens is 6. The largest absolute Gasteiger partial charge is 0.412 e. The van der Waals surface area contributed by atoms with Gasteiger partial charge in [-0.2, -0.15) is 31.3 Å². The van der Waals surface area contributed by atoms with Gasteiger partial charge in [0.1, 0.15) is 16.9 Å². The van der Waals surface area contributed by atoms with Gasteiger partial charge in [0.05, 0.1) is 19.0 Å². The molecule has 2 heterocycles. The van der Waals surface area contributed by atoms with Crippen LogP contribution in [0.2, 0.25) is 0 Å². The Labute approximate surface area is 204 Å². The molecular weight excluding hydrogens is 539 g/mol. The lowest BCUT2D eigenvalue weighted by Gasteiger charge is -2.22. The van der Waals surface area contributed by atoms with Crippen molar-refractivity contribution in [3.8, 4) is 0 Å². The van der Waals surface area contributed by atoms with E-state index in [2.05, 4.69) is 24.0 Å². The van der Waals surface area contributed by atoms with Gasteiger partial charge in [0, 0.05) is 4.90 Å². The summed E-state index contributed by atoms with van der Waals surface area (Å²) in [6.07, 6.45) is -10.5. The molecule has 36 heavy (non-hydrogen) atoms. The second-order valence-corrected chi connectivity index (χ2v) is 10.4. The van der Waals surface area contributed by atoms with Crippen LogP contribution in [0, 0.1) is 0 Å². The maximum Gasteiger partial charge on any atom is 0.412 e. The van der Waals surface area contributed by atoms with Crippen LogP contribution in [-0.4, -0.2) is 57.5 Å². The van der Waals surface area contributed by atoms with Gasteiger partial charge >= 0.3 is 19.9 Å². The van der Waals surface area contributed by atoms with Crippen molar-refractivity contribution in [1.82, 2.24) is 19.5 Å². The van der Waals surface area contributed by atoms with Gasteiger partial charge in [-0.05, 0) is 19.1 Å². The number of nitrogens with two attached hydrogens (primary N) is 1. The number of imidazole rings is 1. The number of hydrogen-bond acceptors (Lipinski definition) is 9. The van der Waals surface area contributed by atoms with E-state index in [4.69, 9.17) is 10.5 Å². The summed E-state index contributed by atoms with van der Waals surface area (Å²) in [6.45, 7) is -2.69. The fraction of sp³-hybridized carbons (Fsp3) is 0.421. The second-order valence-electron chi connectivity index (χ2n) is 7.37. The zero-order valence-corrected chi connectivity index (χ0v) is 20.2. The van der Waals surface area contributed by atoms with Gasteiger partial charge in [-0.25, -0.2) is 9.97 Å². The summed E-state index contributed by atoms with van der Waals surface area (Å²) < 4.78 is 102. The SMILES string of the molecule is CC(Cn1cnc2c(Sc3ccccc3)nc(N)nc21)OCP(=O)(OCC(F)(F)F)OCC(F)(F)F. The molecule has 0 aliphatic rings. The van der Waals surface area contributed by atoms with E-state index in [9.17, 15) is 30.9 Å². The van der Waals surface area contributed by atoms with E-state index in [1.54, 1.807) is 0 Å². The van der Waals surface area contributed by atoms with Crippen LogP contribution in [-0.2, 0) is 24.9 Å². The molecule has 0 radical (unpaired) electrons. The number of fused-ring (bicyclic) bond motifs is 1. The van der Waals surface area contributed by atoms with Crippen LogP contribution in [0.15, 0.2) is 46.6 Å². The number of ether oxygens (including phenoxy) is 1. The molecule has 2 aromatic heterocycles. The molecular formula is C19H20F6N5O4PS. The van der Waals surface area contributed by atoms with E-state index in [1.807, 2.05) is 30.3 Å². The van der Waals surface area contributed by atoms with Gasteiger partial charge in [0.25, 0.3) is 0 Å². The molecule has 198 valence electrons. The monoisotopic (exact) mass is 559 g/mol. The highest BCUT2D eigenvalue weighted by molar-refractivity contribution is 7.99. The summed E-state index contributed by atoms with van der Waals surface area (Å²) in [7, 11) is -4.89. The van der Waals surface area contributed by atoms with E-state index in [0.717, 1.165) is 4.90 Å². The molecule has 0 bridgehead atoms. The Morgan fingerprint density at radius 2 is 1.67 bits per heavy atom. The Kier molecular flexibility index (Phi) is 8.88. The van der Waals surface area contributed by atoms with Gasteiger partial charge in [-0.3, -0.25) is 13.6 Å².